The van der Waals surface area contributed by atoms with Gasteiger partial charge in [-0.3, -0.25) is 9.78 Å². The number of para-hydroxylation sites is 1. The van der Waals surface area contributed by atoms with Gasteiger partial charge in [0.1, 0.15) is 5.75 Å². The van der Waals surface area contributed by atoms with Gasteiger partial charge in [-0.25, -0.2) is 0 Å². The average molecular weight is 350 g/mol. The fourth-order valence-corrected chi connectivity index (χ4v) is 3.38. The Bertz CT molecular complexity index is 1140. The predicted octanol–water partition coefficient (Wildman–Crippen LogP) is 2.16. The van der Waals surface area contributed by atoms with E-state index < -0.39 is 0 Å². The fourth-order valence-electron chi connectivity index (χ4n) is 2.48. The minimum atomic E-state index is -0.181. The van der Waals surface area contributed by atoms with Crippen molar-refractivity contribution in [3.63, 3.8) is 0 Å². The zero-order valence-corrected chi connectivity index (χ0v) is 14.2. The van der Waals surface area contributed by atoms with Gasteiger partial charge in [-0.05, 0) is 31.2 Å². The van der Waals surface area contributed by atoms with Crippen LogP contribution in [0.25, 0.3) is 22.4 Å². The largest absolute Gasteiger partial charge is 0.493 e. The van der Waals surface area contributed by atoms with Crippen LogP contribution in [0.4, 0.5) is 0 Å². The Hall–Kier alpha value is -3.06. The second kappa shape index (κ2) is 6.45. The molecule has 124 valence electrons. The van der Waals surface area contributed by atoms with Gasteiger partial charge in [-0.15, -0.1) is 5.10 Å². The number of aromatic nitrogens is 4. The lowest BCUT2D eigenvalue weighted by atomic mass is 10.2. The van der Waals surface area contributed by atoms with Gasteiger partial charge >= 0.3 is 0 Å². The Morgan fingerprint density at radius 3 is 2.76 bits per heavy atom. The number of rotatable bonds is 4. The molecule has 0 aliphatic rings. The third-order valence-electron chi connectivity index (χ3n) is 3.63. The molecule has 0 aliphatic heterocycles. The molecule has 0 spiro atoms. The van der Waals surface area contributed by atoms with E-state index in [2.05, 4.69) is 15.1 Å². The molecule has 4 aromatic rings. The summed E-state index contributed by atoms with van der Waals surface area (Å²) in [7, 11) is 0. The van der Waals surface area contributed by atoms with E-state index in [4.69, 9.17) is 4.74 Å². The maximum Gasteiger partial charge on any atom is 0.291 e. The van der Waals surface area contributed by atoms with E-state index in [1.54, 1.807) is 12.4 Å². The maximum absolute atomic E-state index is 12.6. The first kappa shape index (κ1) is 15.5. The average Bonchev–Trinajstić information content (AvgIpc) is 3.18. The van der Waals surface area contributed by atoms with Crippen molar-refractivity contribution in [3.8, 4) is 17.1 Å². The molecule has 0 bridgehead atoms. The lowest BCUT2D eigenvalue weighted by molar-refractivity contribution is 0.339. The maximum atomic E-state index is 12.6. The molecule has 0 radical (unpaired) electrons. The van der Waals surface area contributed by atoms with Crippen molar-refractivity contribution in [2.24, 2.45) is 0 Å². The van der Waals surface area contributed by atoms with Crippen molar-refractivity contribution in [2.45, 2.75) is 6.92 Å². The highest BCUT2D eigenvalue weighted by Crippen LogP contribution is 2.19. The van der Waals surface area contributed by atoms with Crippen LogP contribution in [0.5, 0.6) is 5.75 Å². The van der Waals surface area contributed by atoms with E-state index >= 15 is 0 Å². The minimum absolute atomic E-state index is 0.181. The number of nitrogens with zero attached hydrogens (tertiary/aromatic N) is 4. The first-order valence-corrected chi connectivity index (χ1v) is 8.61. The molecule has 0 atom stereocenters. The van der Waals surface area contributed by atoms with Crippen molar-refractivity contribution >= 4 is 22.4 Å². The number of ether oxygens (including phenoxy) is 1. The Balaban J connectivity index is 1.81. The zero-order valence-electron chi connectivity index (χ0n) is 13.4. The third kappa shape index (κ3) is 2.89. The number of hydrogen-bond acceptors (Lipinski definition) is 6. The van der Waals surface area contributed by atoms with E-state index in [1.807, 2.05) is 49.4 Å². The Kier molecular flexibility index (Phi) is 3.99. The van der Waals surface area contributed by atoms with Crippen LogP contribution >= 0.6 is 11.3 Å². The fraction of sp³-hybridized carbons (Fsp3) is 0.111. The van der Waals surface area contributed by atoms with Gasteiger partial charge in [0.25, 0.3) is 5.56 Å². The molecule has 0 aliphatic carbocycles. The molecular weight excluding hydrogens is 336 g/mol. The van der Waals surface area contributed by atoms with Crippen molar-refractivity contribution in [2.75, 3.05) is 6.61 Å². The minimum Gasteiger partial charge on any atom is -0.493 e. The molecule has 4 rings (SSSR count). The molecule has 0 amide bonds. The number of benzene rings is 1. The number of pyridine rings is 1. The van der Waals surface area contributed by atoms with Crippen molar-refractivity contribution in [3.05, 3.63) is 69.2 Å². The van der Waals surface area contributed by atoms with Crippen molar-refractivity contribution < 1.29 is 4.74 Å². The van der Waals surface area contributed by atoms with Gasteiger partial charge in [-0.1, -0.05) is 29.5 Å². The predicted molar refractivity (Wildman–Crippen MR) is 96.8 cm³/mol. The zero-order chi connectivity index (χ0) is 17.2. The highest BCUT2D eigenvalue weighted by Gasteiger charge is 2.12. The molecule has 3 aromatic heterocycles. The topological polar surface area (TPSA) is 69.4 Å². The monoisotopic (exact) mass is 350 g/mol. The number of fused-ring (bicyclic) bond motifs is 1. The summed E-state index contributed by atoms with van der Waals surface area (Å²) in [5, 5.41) is 4.33. The second-order valence-corrected chi connectivity index (χ2v) is 6.26. The number of thiazole rings is 1. The Morgan fingerprint density at radius 1 is 1.20 bits per heavy atom. The summed E-state index contributed by atoms with van der Waals surface area (Å²) in [4.78, 5) is 21.6. The van der Waals surface area contributed by atoms with Crippen LogP contribution in [0.1, 0.15) is 12.5 Å². The molecule has 25 heavy (non-hydrogen) atoms. The molecular formula is C18H14N4O2S. The van der Waals surface area contributed by atoms with Crippen LogP contribution in [0.3, 0.4) is 0 Å². The highest BCUT2D eigenvalue weighted by molar-refractivity contribution is 7.15. The molecule has 7 heteroatoms. The van der Waals surface area contributed by atoms with Crippen molar-refractivity contribution in [1.82, 2.24) is 19.6 Å². The number of hydrogen-bond donors (Lipinski definition) is 0. The highest BCUT2D eigenvalue weighted by atomic mass is 32.1. The van der Waals surface area contributed by atoms with E-state index in [0.717, 1.165) is 16.9 Å². The van der Waals surface area contributed by atoms with Crippen LogP contribution < -0.4 is 14.8 Å². The lowest BCUT2D eigenvalue weighted by Gasteiger charge is -2.05. The molecule has 0 N–H and O–H groups in total. The van der Waals surface area contributed by atoms with E-state index in [0.29, 0.717) is 21.9 Å². The quantitative estimate of drug-likeness (QED) is 0.564. The normalized spacial score (nSPS) is 12.0. The molecule has 6 nitrogen and oxygen atoms in total. The summed E-state index contributed by atoms with van der Waals surface area (Å²) in [6.07, 6.45) is 5.17. The second-order valence-electron chi connectivity index (χ2n) is 5.25. The van der Waals surface area contributed by atoms with Crippen molar-refractivity contribution in [1.29, 1.82) is 0 Å². The van der Waals surface area contributed by atoms with Crippen LogP contribution in [-0.2, 0) is 0 Å². The smallest absolute Gasteiger partial charge is 0.291 e. The lowest BCUT2D eigenvalue weighted by Crippen LogP contribution is -2.23. The van der Waals surface area contributed by atoms with Crippen LogP contribution in [0.2, 0.25) is 0 Å². The van der Waals surface area contributed by atoms with E-state index in [1.165, 1.54) is 15.9 Å². The first-order chi connectivity index (χ1) is 12.3. The summed E-state index contributed by atoms with van der Waals surface area (Å²) in [5.41, 5.74) is 1.51. The van der Waals surface area contributed by atoms with Gasteiger partial charge in [-0.2, -0.15) is 9.50 Å². The first-order valence-electron chi connectivity index (χ1n) is 7.80. The van der Waals surface area contributed by atoms with E-state index in [-0.39, 0.29) is 5.56 Å². The van der Waals surface area contributed by atoms with Gasteiger partial charge in [0.2, 0.25) is 4.96 Å². The van der Waals surface area contributed by atoms with Gasteiger partial charge < -0.3 is 4.74 Å². The van der Waals surface area contributed by atoms with Crippen LogP contribution in [0, 0.1) is 0 Å². The Morgan fingerprint density at radius 2 is 2.00 bits per heavy atom. The summed E-state index contributed by atoms with van der Waals surface area (Å²) in [6, 6.07) is 11.3. The molecule has 3 heterocycles. The summed E-state index contributed by atoms with van der Waals surface area (Å²) in [6.45, 7) is 2.50. The molecule has 1 aromatic carbocycles. The van der Waals surface area contributed by atoms with Crippen LogP contribution in [0.15, 0.2) is 53.6 Å². The summed E-state index contributed by atoms with van der Waals surface area (Å²) in [5.74, 6) is 1.27. The molecule has 0 unspecified atom stereocenters. The SMILES string of the molecule is CCOc1ccccc1/C=c1\sc2nc(-c3ccncc3)nn2c1=O. The van der Waals surface area contributed by atoms with Gasteiger partial charge in [0.05, 0.1) is 11.1 Å². The third-order valence-corrected chi connectivity index (χ3v) is 4.59. The van der Waals surface area contributed by atoms with Gasteiger partial charge in [0.15, 0.2) is 5.82 Å². The van der Waals surface area contributed by atoms with Crippen LogP contribution in [-0.4, -0.2) is 26.2 Å². The molecule has 0 saturated heterocycles. The Labute approximate surface area is 147 Å². The molecule has 0 saturated carbocycles. The summed E-state index contributed by atoms with van der Waals surface area (Å²) < 4.78 is 7.52. The molecule has 0 fully saturated rings. The van der Waals surface area contributed by atoms with Gasteiger partial charge in [0, 0.05) is 23.5 Å². The standard InChI is InChI=1S/C18H14N4O2S/c1-2-24-14-6-4-3-5-13(14)11-15-17(23)22-18(25-15)20-16(21-22)12-7-9-19-10-8-12/h3-11H,2H2,1H3/b15-11-. The summed E-state index contributed by atoms with van der Waals surface area (Å²) >= 11 is 1.31. The van der Waals surface area contributed by atoms with E-state index in [9.17, 15) is 4.79 Å².